The summed E-state index contributed by atoms with van der Waals surface area (Å²) in [5, 5.41) is 34.2. The quantitative estimate of drug-likeness (QED) is 0.190. The van der Waals surface area contributed by atoms with E-state index in [0.29, 0.717) is 34.2 Å². The van der Waals surface area contributed by atoms with E-state index in [1.54, 1.807) is 0 Å². The van der Waals surface area contributed by atoms with Gasteiger partial charge in [0, 0.05) is 44.2 Å². The molecule has 0 saturated heterocycles. The first-order valence-corrected chi connectivity index (χ1v) is 17.1. The molecule has 2 heterocycles. The monoisotopic (exact) mass is 651 g/mol. The second-order valence-electron chi connectivity index (χ2n) is 12.9. The maximum Gasteiger partial charge on any atom is 0.100 e. The van der Waals surface area contributed by atoms with E-state index in [1.807, 2.05) is 66.7 Å². The molecule has 0 fully saturated rings. The zero-order chi connectivity index (χ0) is 34.5. The van der Waals surface area contributed by atoms with E-state index in [-0.39, 0.29) is 0 Å². The molecule has 2 aliphatic carbocycles. The molecule has 5 nitrogen and oxygen atoms in total. The molecule has 7 aromatic rings. The lowest BCUT2D eigenvalue weighted by atomic mass is 9.89. The highest BCUT2D eigenvalue weighted by Gasteiger charge is 2.23. The van der Waals surface area contributed by atoms with Gasteiger partial charge in [-0.2, -0.15) is 15.8 Å². The first kappa shape index (κ1) is 30.0. The van der Waals surface area contributed by atoms with Gasteiger partial charge in [-0.25, -0.2) is 0 Å². The molecule has 5 aromatic carbocycles. The van der Waals surface area contributed by atoms with Crippen molar-refractivity contribution in [3.8, 4) is 35.0 Å². The number of aromatic nitrogens is 2. The van der Waals surface area contributed by atoms with Gasteiger partial charge in [-0.05, 0) is 78.9 Å². The second kappa shape index (κ2) is 12.1. The summed E-state index contributed by atoms with van der Waals surface area (Å²) in [5.41, 5.74) is 12.4. The number of hydrogen-bond donors (Lipinski definition) is 0. The van der Waals surface area contributed by atoms with Gasteiger partial charge in [-0.15, -0.1) is 0 Å². The zero-order valence-electron chi connectivity index (χ0n) is 27.6. The molecule has 0 amide bonds. The van der Waals surface area contributed by atoms with Crippen molar-refractivity contribution >= 4 is 50.1 Å². The van der Waals surface area contributed by atoms with E-state index in [9.17, 15) is 15.8 Å². The van der Waals surface area contributed by atoms with Crippen LogP contribution in [0.1, 0.15) is 46.4 Å². The van der Waals surface area contributed by atoms with Gasteiger partial charge in [0.1, 0.15) is 6.07 Å². The minimum absolute atomic E-state index is 0.480. The molecular weight excluding hydrogens is 623 g/mol. The van der Waals surface area contributed by atoms with Crippen molar-refractivity contribution in [1.82, 2.24) is 9.13 Å². The van der Waals surface area contributed by atoms with Crippen molar-refractivity contribution in [2.45, 2.75) is 19.3 Å². The third-order valence-corrected chi connectivity index (χ3v) is 10.2. The third kappa shape index (κ3) is 4.67. The Labute approximate surface area is 295 Å². The Bertz CT molecular complexity index is 2860. The number of allylic oxidation sites excluding steroid dienone is 7. The fraction of sp³-hybridized carbons (Fsp3) is 0.0652. The fourth-order valence-electron chi connectivity index (χ4n) is 7.98. The van der Waals surface area contributed by atoms with Crippen molar-refractivity contribution in [3.05, 3.63) is 167 Å². The van der Waals surface area contributed by atoms with Gasteiger partial charge < -0.3 is 9.13 Å². The molecule has 0 N–H and O–H groups in total. The normalized spacial score (nSPS) is 13.7. The SMILES string of the molecule is N#Cc1ccc2c(c1)c1ccccc1n2-c1cccc(C#N)c1-c1cccc(C2=CCC=C(n3c4c(c5ccccc53)C=CCC4)C=C2)c1C#N. The van der Waals surface area contributed by atoms with Crippen LogP contribution >= 0.6 is 0 Å². The van der Waals surface area contributed by atoms with Crippen molar-refractivity contribution < 1.29 is 0 Å². The van der Waals surface area contributed by atoms with Crippen LogP contribution in [0.5, 0.6) is 0 Å². The number of hydrogen-bond acceptors (Lipinski definition) is 3. The summed E-state index contributed by atoms with van der Waals surface area (Å²) in [6.07, 6.45) is 15.9. The molecule has 0 atom stereocenters. The summed E-state index contributed by atoms with van der Waals surface area (Å²) in [6.45, 7) is 0. The molecular formula is C46H29N5. The Kier molecular flexibility index (Phi) is 7.10. The second-order valence-corrected chi connectivity index (χ2v) is 12.9. The molecule has 0 aliphatic heterocycles. The van der Waals surface area contributed by atoms with Gasteiger partial charge in [0.15, 0.2) is 0 Å². The summed E-state index contributed by atoms with van der Waals surface area (Å²) < 4.78 is 4.54. The molecule has 9 rings (SSSR count). The van der Waals surface area contributed by atoms with Crippen molar-refractivity contribution in [2.24, 2.45) is 0 Å². The van der Waals surface area contributed by atoms with Gasteiger partial charge in [-0.3, -0.25) is 0 Å². The average Bonchev–Trinajstić information content (AvgIpc) is 3.58. The van der Waals surface area contributed by atoms with Crippen LogP contribution in [0, 0.1) is 34.0 Å². The number of benzene rings is 5. The highest BCUT2D eigenvalue weighted by molar-refractivity contribution is 6.10. The van der Waals surface area contributed by atoms with E-state index >= 15 is 0 Å². The maximum absolute atomic E-state index is 10.9. The highest BCUT2D eigenvalue weighted by atomic mass is 15.0. The molecule has 0 saturated carbocycles. The van der Waals surface area contributed by atoms with Crippen LogP contribution in [0.4, 0.5) is 0 Å². The lowest BCUT2D eigenvalue weighted by Crippen LogP contribution is -2.03. The molecule has 2 aliphatic rings. The van der Waals surface area contributed by atoms with Gasteiger partial charge in [0.05, 0.1) is 51.1 Å². The van der Waals surface area contributed by atoms with E-state index < -0.39 is 0 Å². The Morgan fingerprint density at radius 1 is 0.588 bits per heavy atom. The number of rotatable bonds is 4. The van der Waals surface area contributed by atoms with Crippen molar-refractivity contribution in [2.75, 3.05) is 0 Å². The number of nitrogens with zero attached hydrogens (tertiary/aromatic N) is 5. The Morgan fingerprint density at radius 3 is 2.18 bits per heavy atom. The topological polar surface area (TPSA) is 81.2 Å². The van der Waals surface area contributed by atoms with E-state index in [2.05, 4.69) is 100 Å². The Balaban J connectivity index is 1.20. The van der Waals surface area contributed by atoms with Crippen molar-refractivity contribution in [1.29, 1.82) is 15.8 Å². The van der Waals surface area contributed by atoms with Gasteiger partial charge in [-0.1, -0.05) is 91.0 Å². The number of fused-ring (bicyclic) bond motifs is 6. The molecule has 0 spiro atoms. The predicted molar refractivity (Wildman–Crippen MR) is 206 cm³/mol. The predicted octanol–water partition coefficient (Wildman–Crippen LogP) is 10.9. The summed E-state index contributed by atoms with van der Waals surface area (Å²) in [7, 11) is 0. The molecule has 5 heteroatoms. The Hall–Kier alpha value is -7.13. The van der Waals surface area contributed by atoms with Crippen LogP contribution in [0.3, 0.4) is 0 Å². The third-order valence-electron chi connectivity index (χ3n) is 10.2. The lowest BCUT2D eigenvalue weighted by molar-refractivity contribution is 0.900. The molecule has 0 bridgehead atoms. The number of nitriles is 3. The van der Waals surface area contributed by atoms with Crippen LogP contribution in [-0.4, -0.2) is 9.13 Å². The number of para-hydroxylation sites is 2. The molecule has 2 aromatic heterocycles. The maximum atomic E-state index is 10.9. The fourth-order valence-corrected chi connectivity index (χ4v) is 7.98. The van der Waals surface area contributed by atoms with Crippen LogP contribution in [0.15, 0.2) is 134 Å². The summed E-state index contributed by atoms with van der Waals surface area (Å²) in [6, 6.07) is 41.2. The summed E-state index contributed by atoms with van der Waals surface area (Å²) >= 11 is 0. The van der Waals surface area contributed by atoms with Crippen LogP contribution < -0.4 is 0 Å². The summed E-state index contributed by atoms with van der Waals surface area (Å²) in [5.74, 6) is 0. The largest absolute Gasteiger partial charge is 0.313 e. The first-order valence-electron chi connectivity index (χ1n) is 17.1. The smallest absolute Gasteiger partial charge is 0.100 e. The van der Waals surface area contributed by atoms with Crippen LogP contribution in [0.25, 0.3) is 66.9 Å². The summed E-state index contributed by atoms with van der Waals surface area (Å²) in [4.78, 5) is 0. The molecule has 238 valence electrons. The van der Waals surface area contributed by atoms with Gasteiger partial charge >= 0.3 is 0 Å². The molecule has 0 radical (unpaired) electrons. The average molecular weight is 652 g/mol. The van der Waals surface area contributed by atoms with Gasteiger partial charge in [0.2, 0.25) is 0 Å². The highest BCUT2D eigenvalue weighted by Crippen LogP contribution is 2.41. The lowest BCUT2D eigenvalue weighted by Gasteiger charge is -2.18. The van der Waals surface area contributed by atoms with Gasteiger partial charge in [0.25, 0.3) is 0 Å². The minimum atomic E-state index is 0.480. The van der Waals surface area contributed by atoms with Crippen LogP contribution in [-0.2, 0) is 6.42 Å². The molecule has 51 heavy (non-hydrogen) atoms. The van der Waals surface area contributed by atoms with E-state index in [4.69, 9.17) is 0 Å². The standard InChI is InChI=1S/C46H29N5/c47-27-30-22-25-44-39(26-30)37-15-3-6-20-43(37)51(44)45-21-8-11-32(28-48)46(45)38-17-9-16-34(40(38)29-49)31-10-7-12-33(24-23-31)50-41-18-4-1-13-35(41)36-14-2-5-19-42(36)50/h1-4,6,8-18,20-26H,5,7,19H2. The zero-order valence-corrected chi connectivity index (χ0v) is 27.6. The Morgan fingerprint density at radius 2 is 1.35 bits per heavy atom. The minimum Gasteiger partial charge on any atom is -0.313 e. The van der Waals surface area contributed by atoms with Crippen LogP contribution in [0.2, 0.25) is 0 Å². The first-order chi connectivity index (χ1) is 25.2. The van der Waals surface area contributed by atoms with E-state index in [1.165, 1.54) is 22.2 Å². The van der Waals surface area contributed by atoms with Crippen molar-refractivity contribution in [3.63, 3.8) is 0 Å². The molecule has 0 unspecified atom stereocenters. The van der Waals surface area contributed by atoms with E-state index in [0.717, 1.165) is 57.2 Å².